The summed E-state index contributed by atoms with van der Waals surface area (Å²) >= 11 is 12.2. The van der Waals surface area contributed by atoms with Gasteiger partial charge in [0.15, 0.2) is 0 Å². The van der Waals surface area contributed by atoms with Gasteiger partial charge in [0.05, 0.1) is 10.0 Å². The molecule has 0 amide bonds. The highest BCUT2D eigenvalue weighted by Crippen LogP contribution is 2.40. The molecule has 25 heavy (non-hydrogen) atoms. The first-order chi connectivity index (χ1) is 12.2. The minimum absolute atomic E-state index is 0.670. The fourth-order valence-electron chi connectivity index (χ4n) is 4.96. The molecule has 0 heterocycles. The van der Waals surface area contributed by atoms with E-state index in [1.807, 2.05) is 6.07 Å². The third-order valence-electron chi connectivity index (χ3n) is 6.60. The number of rotatable bonds is 5. The lowest BCUT2D eigenvalue weighted by Crippen LogP contribution is -2.17. The summed E-state index contributed by atoms with van der Waals surface area (Å²) in [4.78, 5) is 0. The van der Waals surface area contributed by atoms with Crippen LogP contribution in [0, 0.1) is 17.8 Å². The van der Waals surface area contributed by atoms with E-state index in [4.69, 9.17) is 23.2 Å². The van der Waals surface area contributed by atoms with Gasteiger partial charge in [0.25, 0.3) is 0 Å². The lowest BCUT2D eigenvalue weighted by atomic mass is 9.74. The molecule has 1 aromatic rings. The summed E-state index contributed by atoms with van der Waals surface area (Å²) < 4.78 is 0. The van der Waals surface area contributed by atoms with Gasteiger partial charge < -0.3 is 0 Å². The lowest BCUT2D eigenvalue weighted by Gasteiger charge is -2.31. The molecule has 2 saturated carbocycles. The van der Waals surface area contributed by atoms with Crippen molar-refractivity contribution in [1.82, 2.24) is 0 Å². The van der Waals surface area contributed by atoms with Gasteiger partial charge in [0.2, 0.25) is 0 Å². The van der Waals surface area contributed by atoms with Crippen molar-refractivity contribution in [3.63, 3.8) is 0 Å². The highest BCUT2D eigenvalue weighted by atomic mass is 35.5. The van der Waals surface area contributed by atoms with Gasteiger partial charge in [-0.2, -0.15) is 0 Å². The molecule has 3 rings (SSSR count). The predicted octanol–water partition coefficient (Wildman–Crippen LogP) is 8.43. The summed E-state index contributed by atoms with van der Waals surface area (Å²) in [6.07, 6.45) is 18.7. The number of benzene rings is 1. The summed E-state index contributed by atoms with van der Waals surface area (Å²) in [5, 5.41) is 1.37. The van der Waals surface area contributed by atoms with Gasteiger partial charge in [0, 0.05) is 0 Å². The van der Waals surface area contributed by atoms with Crippen LogP contribution >= 0.6 is 23.2 Å². The molecule has 0 radical (unpaired) electrons. The molecule has 2 heteroatoms. The van der Waals surface area contributed by atoms with E-state index in [1.54, 1.807) is 0 Å². The lowest BCUT2D eigenvalue weighted by molar-refractivity contribution is 0.246. The van der Waals surface area contributed by atoms with Gasteiger partial charge >= 0.3 is 0 Å². The quantitative estimate of drug-likeness (QED) is 0.450. The molecule has 0 aromatic heterocycles. The molecule has 2 fully saturated rings. The second-order valence-electron chi connectivity index (χ2n) is 8.28. The molecule has 0 atom stereocenters. The molecule has 0 N–H and O–H groups in total. The molecule has 0 saturated heterocycles. The zero-order chi connectivity index (χ0) is 17.6. The minimum atomic E-state index is 0.670. The van der Waals surface area contributed by atoms with Crippen LogP contribution in [0.3, 0.4) is 0 Å². The third-order valence-corrected chi connectivity index (χ3v) is 7.34. The normalized spacial score (nSPS) is 30.7. The molecule has 0 bridgehead atoms. The summed E-state index contributed by atoms with van der Waals surface area (Å²) in [6.45, 7) is 2.15. The smallest absolute Gasteiger partial charge is 0.0595 e. The zero-order valence-electron chi connectivity index (χ0n) is 15.5. The van der Waals surface area contributed by atoms with Gasteiger partial charge in [0.1, 0.15) is 0 Å². The Balaban J connectivity index is 1.39. The SMILES string of the molecule is C/C=C/[C@H]1CC[C@H](CC[C@H]2CC[C@H](c3ccc(Cl)c(Cl)c3)CC2)CC1. The molecule has 1 aromatic carbocycles. The Morgan fingerprint density at radius 3 is 2.00 bits per heavy atom. The summed E-state index contributed by atoms with van der Waals surface area (Å²) in [6, 6.07) is 6.20. The first kappa shape index (κ1) is 19.3. The largest absolute Gasteiger partial charge is 0.0914 e. The Morgan fingerprint density at radius 2 is 1.44 bits per heavy atom. The van der Waals surface area contributed by atoms with Gasteiger partial charge in [-0.1, -0.05) is 54.3 Å². The average molecular weight is 379 g/mol. The van der Waals surface area contributed by atoms with E-state index < -0.39 is 0 Å². The number of halogens is 2. The van der Waals surface area contributed by atoms with E-state index in [0.29, 0.717) is 16.0 Å². The van der Waals surface area contributed by atoms with E-state index in [9.17, 15) is 0 Å². The molecular weight excluding hydrogens is 347 g/mol. The van der Waals surface area contributed by atoms with Crippen LogP contribution < -0.4 is 0 Å². The van der Waals surface area contributed by atoms with Gasteiger partial charge in [-0.3, -0.25) is 0 Å². The van der Waals surface area contributed by atoms with Gasteiger partial charge in [-0.15, -0.1) is 0 Å². The molecule has 0 aliphatic heterocycles. The number of hydrogen-bond acceptors (Lipinski definition) is 0. The Labute approximate surface area is 164 Å². The average Bonchev–Trinajstić information content (AvgIpc) is 2.64. The third kappa shape index (κ3) is 5.51. The van der Waals surface area contributed by atoms with Crippen LogP contribution in [0.2, 0.25) is 10.0 Å². The van der Waals surface area contributed by atoms with Crippen LogP contribution in [0.4, 0.5) is 0 Å². The molecule has 138 valence electrons. The van der Waals surface area contributed by atoms with Crippen molar-refractivity contribution in [3.8, 4) is 0 Å². The first-order valence-electron chi connectivity index (χ1n) is 10.2. The van der Waals surface area contributed by atoms with Crippen molar-refractivity contribution in [2.45, 2.75) is 77.0 Å². The number of hydrogen-bond donors (Lipinski definition) is 0. The summed E-state index contributed by atoms with van der Waals surface area (Å²) in [5.74, 6) is 3.49. The Bertz CT molecular complexity index is 561. The van der Waals surface area contributed by atoms with Crippen molar-refractivity contribution >= 4 is 23.2 Å². The van der Waals surface area contributed by atoms with Gasteiger partial charge in [-0.25, -0.2) is 0 Å². The maximum atomic E-state index is 6.19. The fraction of sp³-hybridized carbons (Fsp3) is 0.652. The highest BCUT2D eigenvalue weighted by Gasteiger charge is 2.25. The van der Waals surface area contributed by atoms with E-state index in [2.05, 4.69) is 31.2 Å². The summed E-state index contributed by atoms with van der Waals surface area (Å²) in [7, 11) is 0. The number of allylic oxidation sites excluding steroid dienone is 2. The van der Waals surface area contributed by atoms with Crippen molar-refractivity contribution in [1.29, 1.82) is 0 Å². The van der Waals surface area contributed by atoms with Crippen LogP contribution in [-0.2, 0) is 0 Å². The van der Waals surface area contributed by atoms with Gasteiger partial charge in [-0.05, 0) is 99.7 Å². The van der Waals surface area contributed by atoms with Crippen molar-refractivity contribution in [2.24, 2.45) is 17.8 Å². The van der Waals surface area contributed by atoms with Crippen molar-refractivity contribution in [3.05, 3.63) is 46.0 Å². The predicted molar refractivity (Wildman–Crippen MR) is 111 cm³/mol. The monoisotopic (exact) mass is 378 g/mol. The standard InChI is InChI=1S/C23H32Cl2/c1-2-3-17-4-6-18(7-5-17)8-9-19-10-12-20(13-11-19)21-14-15-22(24)23(25)16-21/h2-3,14-20H,4-13H2,1H3/b3-2+/t17-,18-,19-,20-. The second kappa shape index (κ2) is 9.47. The van der Waals surface area contributed by atoms with Crippen LogP contribution in [-0.4, -0.2) is 0 Å². The topological polar surface area (TPSA) is 0 Å². The maximum absolute atomic E-state index is 6.19. The Morgan fingerprint density at radius 1 is 0.840 bits per heavy atom. The van der Waals surface area contributed by atoms with Crippen LogP contribution in [0.15, 0.2) is 30.4 Å². The molecule has 0 spiro atoms. The van der Waals surface area contributed by atoms with E-state index >= 15 is 0 Å². The van der Waals surface area contributed by atoms with Crippen LogP contribution in [0.25, 0.3) is 0 Å². The first-order valence-corrected chi connectivity index (χ1v) is 11.0. The Kier molecular flexibility index (Phi) is 7.31. The van der Waals surface area contributed by atoms with E-state index in [1.165, 1.54) is 69.8 Å². The van der Waals surface area contributed by atoms with Crippen LogP contribution in [0.1, 0.15) is 82.6 Å². The second-order valence-corrected chi connectivity index (χ2v) is 9.09. The van der Waals surface area contributed by atoms with Crippen molar-refractivity contribution < 1.29 is 0 Å². The molecule has 2 aliphatic rings. The zero-order valence-corrected chi connectivity index (χ0v) is 17.0. The van der Waals surface area contributed by atoms with Crippen LogP contribution in [0.5, 0.6) is 0 Å². The minimum Gasteiger partial charge on any atom is -0.0914 e. The Hall–Kier alpha value is -0.460. The molecule has 0 nitrogen and oxygen atoms in total. The van der Waals surface area contributed by atoms with Crippen molar-refractivity contribution in [2.75, 3.05) is 0 Å². The molecule has 0 unspecified atom stereocenters. The molecule has 2 aliphatic carbocycles. The molecular formula is C23H32Cl2. The van der Waals surface area contributed by atoms with E-state index in [0.717, 1.165) is 17.8 Å². The highest BCUT2D eigenvalue weighted by molar-refractivity contribution is 6.42. The summed E-state index contributed by atoms with van der Waals surface area (Å²) in [5.41, 5.74) is 1.38. The van der Waals surface area contributed by atoms with E-state index in [-0.39, 0.29) is 0 Å². The maximum Gasteiger partial charge on any atom is 0.0595 e. The fourth-order valence-corrected chi connectivity index (χ4v) is 5.27.